The van der Waals surface area contributed by atoms with E-state index >= 15 is 0 Å². The van der Waals surface area contributed by atoms with Crippen molar-refractivity contribution in [2.75, 3.05) is 0 Å². The van der Waals surface area contributed by atoms with Crippen LogP contribution in [0.15, 0.2) is 71.7 Å². The number of thiophene rings is 1. The number of rotatable bonds is 4. The van der Waals surface area contributed by atoms with Crippen molar-refractivity contribution in [1.82, 2.24) is 9.97 Å². The maximum atomic E-state index is 13.0. The van der Waals surface area contributed by atoms with Crippen LogP contribution in [0, 0.1) is 0 Å². The molecule has 0 aliphatic rings. The maximum Gasteiger partial charge on any atom is 0.573 e. The molecular weight excluding hydrogens is 494 g/mol. The molecule has 0 spiro atoms. The van der Waals surface area contributed by atoms with Gasteiger partial charge < -0.3 is 9.47 Å². The fraction of sp³-hybridized carbons (Fsp3) is 0.0833. The van der Waals surface area contributed by atoms with Crippen LogP contribution in [0.2, 0.25) is 0 Å². The second-order valence-corrected chi connectivity index (χ2v) is 8.13. The van der Waals surface area contributed by atoms with Gasteiger partial charge in [0.2, 0.25) is 0 Å². The normalized spacial score (nSPS) is 12.3. The van der Waals surface area contributed by atoms with Crippen LogP contribution >= 0.6 is 11.3 Å². The first-order chi connectivity index (χ1) is 16.6. The predicted molar refractivity (Wildman–Crippen MR) is 119 cm³/mol. The zero-order valence-electron chi connectivity index (χ0n) is 17.3. The Labute approximate surface area is 197 Å². The molecule has 178 valence electrons. The summed E-state index contributed by atoms with van der Waals surface area (Å²) >= 11 is 1.23. The number of hydrogen-bond donors (Lipinski definition) is 0. The van der Waals surface area contributed by atoms with E-state index in [4.69, 9.17) is 0 Å². The van der Waals surface area contributed by atoms with Gasteiger partial charge in [-0.25, -0.2) is 0 Å². The van der Waals surface area contributed by atoms with Gasteiger partial charge in [-0.2, -0.15) is 11.3 Å². The Bertz CT molecular complexity index is 1430. The Hall–Kier alpha value is -3.86. The summed E-state index contributed by atoms with van der Waals surface area (Å²) in [5.74, 6) is -0.885. The van der Waals surface area contributed by atoms with Crippen LogP contribution in [0.25, 0.3) is 44.1 Å². The highest BCUT2D eigenvalue weighted by atomic mass is 32.1. The fourth-order valence-electron chi connectivity index (χ4n) is 3.84. The molecule has 0 saturated carbocycles. The van der Waals surface area contributed by atoms with Crippen molar-refractivity contribution >= 4 is 33.1 Å². The second kappa shape index (κ2) is 8.42. The third kappa shape index (κ3) is 4.85. The first-order valence-electron chi connectivity index (χ1n) is 9.93. The van der Waals surface area contributed by atoms with E-state index in [1.54, 1.807) is 35.0 Å². The zero-order valence-corrected chi connectivity index (χ0v) is 18.1. The molecule has 5 rings (SSSR count). The van der Waals surface area contributed by atoms with Gasteiger partial charge in [0.05, 0.1) is 11.0 Å². The Morgan fingerprint density at radius 2 is 1.03 bits per heavy atom. The van der Waals surface area contributed by atoms with Gasteiger partial charge in [-0.05, 0) is 47.2 Å². The average Bonchev–Trinajstić information content (AvgIpc) is 3.25. The highest BCUT2D eigenvalue weighted by Gasteiger charge is 2.33. The predicted octanol–water partition coefficient (Wildman–Crippen LogP) is 7.98. The number of hydrogen-bond acceptors (Lipinski definition) is 5. The first-order valence-corrected chi connectivity index (χ1v) is 10.9. The van der Waals surface area contributed by atoms with Gasteiger partial charge in [-0.15, -0.1) is 26.3 Å². The molecule has 3 heterocycles. The summed E-state index contributed by atoms with van der Waals surface area (Å²) in [5.41, 5.74) is 2.38. The molecule has 0 amide bonds. The largest absolute Gasteiger partial charge is 0.573 e. The molecule has 0 aliphatic carbocycles. The Morgan fingerprint density at radius 1 is 0.600 bits per heavy atom. The van der Waals surface area contributed by atoms with E-state index in [-0.39, 0.29) is 0 Å². The first kappa shape index (κ1) is 22.9. The smallest absolute Gasteiger partial charge is 0.406 e. The van der Waals surface area contributed by atoms with E-state index in [9.17, 15) is 26.3 Å². The van der Waals surface area contributed by atoms with Crippen LogP contribution in [0.4, 0.5) is 26.3 Å². The minimum atomic E-state index is -4.91. The number of benzene rings is 2. The van der Waals surface area contributed by atoms with Gasteiger partial charge in [0.15, 0.2) is 0 Å². The van der Waals surface area contributed by atoms with Crippen molar-refractivity contribution in [3.63, 3.8) is 0 Å². The molecule has 0 aliphatic heterocycles. The minimum Gasteiger partial charge on any atom is -0.406 e. The average molecular weight is 506 g/mol. The zero-order chi connectivity index (χ0) is 24.8. The van der Waals surface area contributed by atoms with E-state index < -0.39 is 24.2 Å². The number of nitrogens with zero attached hydrogens (tertiary/aromatic N) is 2. The molecule has 0 bridgehead atoms. The molecule has 0 saturated heterocycles. The molecular formula is C24H12F6N2O2S. The van der Waals surface area contributed by atoms with Gasteiger partial charge in [-0.3, -0.25) is 9.97 Å². The maximum absolute atomic E-state index is 13.0. The van der Waals surface area contributed by atoms with Crippen molar-refractivity contribution in [1.29, 1.82) is 0 Å². The molecule has 0 atom stereocenters. The lowest BCUT2D eigenvalue weighted by Crippen LogP contribution is -2.17. The number of alkyl halides is 6. The van der Waals surface area contributed by atoms with E-state index in [0.29, 0.717) is 44.1 Å². The standard InChI is InChI=1S/C24H12F6N2O2S/c25-23(26,27)33-15-7-13-3-1-5-31-21(13)17(9-15)19-11-35-12-20(19)18-10-16(34-24(28,29)30)8-14-4-2-6-32-22(14)18/h1-12H. The van der Waals surface area contributed by atoms with Crippen molar-refractivity contribution in [2.45, 2.75) is 12.7 Å². The van der Waals surface area contributed by atoms with Crippen LogP contribution in [-0.4, -0.2) is 22.7 Å². The molecule has 35 heavy (non-hydrogen) atoms. The quantitative estimate of drug-likeness (QED) is 0.232. The summed E-state index contributed by atoms with van der Waals surface area (Å²) in [6.45, 7) is 0. The molecule has 5 aromatic rings. The van der Waals surface area contributed by atoms with Crippen LogP contribution in [0.5, 0.6) is 11.5 Å². The molecule has 0 unspecified atom stereocenters. The van der Waals surface area contributed by atoms with Gasteiger partial charge >= 0.3 is 12.7 Å². The van der Waals surface area contributed by atoms with Crippen molar-refractivity contribution in [3.8, 4) is 33.8 Å². The Morgan fingerprint density at radius 3 is 1.43 bits per heavy atom. The summed E-state index contributed by atoms with van der Waals surface area (Å²) in [6.07, 6.45) is -6.82. The summed E-state index contributed by atoms with van der Waals surface area (Å²) in [7, 11) is 0. The number of aromatic nitrogens is 2. The van der Waals surface area contributed by atoms with Gasteiger partial charge in [0, 0.05) is 45.4 Å². The Kier molecular flexibility index (Phi) is 5.51. The third-order valence-corrected chi connectivity index (χ3v) is 5.81. The minimum absolute atomic E-state index is 0.324. The van der Waals surface area contributed by atoms with E-state index in [0.717, 1.165) is 0 Å². The van der Waals surface area contributed by atoms with Crippen molar-refractivity contribution in [2.24, 2.45) is 0 Å². The second-order valence-electron chi connectivity index (χ2n) is 7.39. The lowest BCUT2D eigenvalue weighted by molar-refractivity contribution is -0.275. The van der Waals surface area contributed by atoms with Crippen LogP contribution in [0.3, 0.4) is 0 Å². The molecule has 0 N–H and O–H groups in total. The van der Waals surface area contributed by atoms with Crippen LogP contribution in [-0.2, 0) is 0 Å². The SMILES string of the molecule is FC(F)(F)Oc1cc(-c2cscc2-c2cc(OC(F)(F)F)cc3cccnc23)c2ncccc2c1. The van der Waals surface area contributed by atoms with E-state index in [2.05, 4.69) is 19.4 Å². The lowest BCUT2D eigenvalue weighted by Gasteiger charge is -2.15. The molecule has 0 radical (unpaired) electrons. The summed E-state index contributed by atoms with van der Waals surface area (Å²) in [5, 5.41) is 4.17. The molecule has 11 heteroatoms. The Balaban J connectivity index is 1.74. The van der Waals surface area contributed by atoms with Crippen molar-refractivity contribution < 1.29 is 35.8 Å². The van der Waals surface area contributed by atoms with Crippen LogP contribution < -0.4 is 9.47 Å². The van der Waals surface area contributed by atoms with E-state index in [1.807, 2.05) is 0 Å². The summed E-state index contributed by atoms with van der Waals surface area (Å²) in [4.78, 5) is 8.63. The number of halogens is 6. The molecule has 0 fully saturated rings. The summed E-state index contributed by atoms with van der Waals surface area (Å²) < 4.78 is 86.1. The van der Waals surface area contributed by atoms with Gasteiger partial charge in [0.25, 0.3) is 0 Å². The third-order valence-electron chi connectivity index (χ3n) is 5.07. The fourth-order valence-corrected chi connectivity index (χ4v) is 4.69. The lowest BCUT2D eigenvalue weighted by atomic mass is 9.95. The van der Waals surface area contributed by atoms with Gasteiger partial charge in [-0.1, -0.05) is 12.1 Å². The van der Waals surface area contributed by atoms with E-state index in [1.165, 1.54) is 48.0 Å². The number of ether oxygens (including phenoxy) is 2. The topological polar surface area (TPSA) is 44.2 Å². The summed E-state index contributed by atoms with van der Waals surface area (Å²) in [6, 6.07) is 11.2. The number of pyridine rings is 2. The van der Waals surface area contributed by atoms with Gasteiger partial charge in [0.1, 0.15) is 11.5 Å². The highest BCUT2D eigenvalue weighted by molar-refractivity contribution is 7.08. The molecule has 2 aromatic carbocycles. The molecule has 3 aromatic heterocycles. The monoisotopic (exact) mass is 506 g/mol. The van der Waals surface area contributed by atoms with Crippen molar-refractivity contribution in [3.05, 3.63) is 71.7 Å². The number of fused-ring (bicyclic) bond motifs is 2. The van der Waals surface area contributed by atoms with Crippen LogP contribution in [0.1, 0.15) is 0 Å². The highest BCUT2D eigenvalue weighted by Crippen LogP contribution is 2.43. The molecule has 4 nitrogen and oxygen atoms in total.